The van der Waals surface area contributed by atoms with Crippen LogP contribution >= 0.6 is 23.7 Å². The maximum Gasteiger partial charge on any atom is 0.0655 e. The van der Waals surface area contributed by atoms with Crippen LogP contribution in [0.1, 0.15) is 13.8 Å². The van der Waals surface area contributed by atoms with Crippen molar-refractivity contribution in [1.29, 1.82) is 0 Å². The molecule has 0 aromatic carbocycles. The van der Waals surface area contributed by atoms with Gasteiger partial charge in [-0.15, -0.1) is 11.8 Å². The zero-order valence-electron chi connectivity index (χ0n) is 7.23. The summed E-state index contributed by atoms with van der Waals surface area (Å²) in [5.41, 5.74) is 2.81. The minimum atomic E-state index is 1.01. The van der Waals surface area contributed by atoms with Gasteiger partial charge in [0, 0.05) is 22.1 Å². The standard InChI is InChI=1S/C8H12N2S2/c1-5-8(11-4-9-5)7-3-10-12-6(7)2/h9-10H,3-4H2,1-2H3. The monoisotopic (exact) mass is 200 g/mol. The van der Waals surface area contributed by atoms with Gasteiger partial charge in [-0.3, -0.25) is 4.72 Å². The Hall–Kier alpha value is -0.0600. The van der Waals surface area contributed by atoms with Crippen molar-refractivity contribution in [3.05, 3.63) is 21.1 Å². The molecule has 2 aliphatic rings. The van der Waals surface area contributed by atoms with Crippen LogP contribution in [-0.4, -0.2) is 12.4 Å². The minimum Gasteiger partial charge on any atom is -0.378 e. The zero-order valence-corrected chi connectivity index (χ0v) is 8.86. The molecule has 2 N–H and O–H groups in total. The summed E-state index contributed by atoms with van der Waals surface area (Å²) in [6.07, 6.45) is 0. The average molecular weight is 200 g/mol. The predicted octanol–water partition coefficient (Wildman–Crippen LogP) is 2.04. The third kappa shape index (κ3) is 1.39. The van der Waals surface area contributed by atoms with E-state index in [0.29, 0.717) is 0 Å². The van der Waals surface area contributed by atoms with Crippen LogP contribution in [-0.2, 0) is 0 Å². The molecule has 2 nitrogen and oxygen atoms in total. The predicted molar refractivity (Wildman–Crippen MR) is 56.6 cm³/mol. The molecule has 0 fully saturated rings. The number of rotatable bonds is 1. The van der Waals surface area contributed by atoms with Gasteiger partial charge >= 0.3 is 0 Å². The quantitative estimate of drug-likeness (QED) is 0.633. The normalized spacial score (nSPS) is 23.8. The van der Waals surface area contributed by atoms with Crippen molar-refractivity contribution in [1.82, 2.24) is 10.0 Å². The van der Waals surface area contributed by atoms with Crippen LogP contribution in [0.2, 0.25) is 0 Å². The van der Waals surface area contributed by atoms with Gasteiger partial charge in [-0.2, -0.15) is 0 Å². The lowest BCUT2D eigenvalue weighted by molar-refractivity contribution is 0.970. The van der Waals surface area contributed by atoms with Crippen molar-refractivity contribution >= 4 is 23.7 Å². The molecule has 0 aromatic rings. The van der Waals surface area contributed by atoms with Gasteiger partial charge in [0.25, 0.3) is 0 Å². The molecule has 12 heavy (non-hydrogen) atoms. The summed E-state index contributed by atoms with van der Waals surface area (Å²) in [4.78, 5) is 2.87. The summed E-state index contributed by atoms with van der Waals surface area (Å²) in [5.74, 6) is 1.03. The first kappa shape index (κ1) is 8.53. The molecule has 0 atom stereocenters. The molecule has 0 aromatic heterocycles. The molecule has 0 aliphatic carbocycles. The molecule has 66 valence electrons. The molecular weight excluding hydrogens is 188 g/mol. The fourth-order valence-electron chi connectivity index (χ4n) is 1.36. The van der Waals surface area contributed by atoms with Crippen molar-refractivity contribution in [3.63, 3.8) is 0 Å². The molecule has 0 radical (unpaired) electrons. The van der Waals surface area contributed by atoms with Gasteiger partial charge in [0.1, 0.15) is 0 Å². The van der Waals surface area contributed by atoms with Gasteiger partial charge < -0.3 is 5.32 Å². The summed E-state index contributed by atoms with van der Waals surface area (Å²) < 4.78 is 3.29. The van der Waals surface area contributed by atoms with Crippen molar-refractivity contribution in [3.8, 4) is 0 Å². The highest BCUT2D eigenvalue weighted by Gasteiger charge is 2.20. The Kier molecular flexibility index (Phi) is 2.39. The highest BCUT2D eigenvalue weighted by molar-refractivity contribution is 8.04. The van der Waals surface area contributed by atoms with Gasteiger partial charge in [-0.05, 0) is 31.4 Å². The average Bonchev–Trinajstić information content (AvgIpc) is 2.59. The Balaban J connectivity index is 2.29. The third-order valence-electron chi connectivity index (χ3n) is 2.07. The first-order valence-electron chi connectivity index (χ1n) is 3.96. The van der Waals surface area contributed by atoms with E-state index >= 15 is 0 Å². The van der Waals surface area contributed by atoms with Crippen LogP contribution in [0.5, 0.6) is 0 Å². The van der Waals surface area contributed by atoms with Crippen molar-refractivity contribution in [2.24, 2.45) is 0 Å². The van der Waals surface area contributed by atoms with Crippen LogP contribution < -0.4 is 10.0 Å². The lowest BCUT2D eigenvalue weighted by atomic mass is 10.2. The van der Waals surface area contributed by atoms with Crippen LogP contribution in [0.15, 0.2) is 21.1 Å². The third-order valence-corrected chi connectivity index (χ3v) is 4.04. The molecule has 2 aliphatic heterocycles. The van der Waals surface area contributed by atoms with E-state index in [0.717, 1.165) is 12.4 Å². The molecule has 4 heteroatoms. The molecule has 2 heterocycles. The lowest BCUT2D eigenvalue weighted by Gasteiger charge is -2.02. The lowest BCUT2D eigenvalue weighted by Crippen LogP contribution is -2.04. The van der Waals surface area contributed by atoms with E-state index in [2.05, 4.69) is 23.9 Å². The van der Waals surface area contributed by atoms with Gasteiger partial charge in [0.2, 0.25) is 0 Å². The zero-order chi connectivity index (χ0) is 8.55. The molecule has 0 saturated carbocycles. The largest absolute Gasteiger partial charge is 0.378 e. The topological polar surface area (TPSA) is 24.1 Å². The van der Waals surface area contributed by atoms with Crippen molar-refractivity contribution in [2.75, 3.05) is 12.4 Å². The number of thioether (sulfide) groups is 1. The molecular formula is C8H12N2S2. The Morgan fingerprint density at radius 3 is 2.67 bits per heavy atom. The van der Waals surface area contributed by atoms with E-state index < -0.39 is 0 Å². The van der Waals surface area contributed by atoms with E-state index in [-0.39, 0.29) is 0 Å². The smallest absolute Gasteiger partial charge is 0.0655 e. The van der Waals surface area contributed by atoms with Crippen molar-refractivity contribution in [2.45, 2.75) is 13.8 Å². The van der Waals surface area contributed by atoms with E-state index in [4.69, 9.17) is 0 Å². The fraction of sp³-hybridized carbons (Fsp3) is 0.500. The molecule has 0 saturated heterocycles. The maximum absolute atomic E-state index is 3.34. The van der Waals surface area contributed by atoms with Crippen LogP contribution in [0.3, 0.4) is 0 Å². The Labute approximate surface area is 81.4 Å². The Bertz CT molecular complexity index is 240. The first-order chi connectivity index (χ1) is 5.79. The maximum atomic E-state index is 3.34. The summed E-state index contributed by atoms with van der Waals surface area (Å²) in [5, 5.41) is 3.34. The Morgan fingerprint density at radius 1 is 1.33 bits per heavy atom. The summed E-state index contributed by atoms with van der Waals surface area (Å²) in [6.45, 7) is 5.34. The van der Waals surface area contributed by atoms with Gasteiger partial charge in [0.05, 0.1) is 5.88 Å². The molecule has 0 amide bonds. The molecule has 0 unspecified atom stereocenters. The summed E-state index contributed by atoms with van der Waals surface area (Å²) in [7, 11) is 0. The summed E-state index contributed by atoms with van der Waals surface area (Å²) in [6, 6.07) is 0. The second-order valence-electron chi connectivity index (χ2n) is 2.88. The van der Waals surface area contributed by atoms with Gasteiger partial charge in [-0.1, -0.05) is 0 Å². The molecule has 0 spiro atoms. The minimum absolute atomic E-state index is 1.01. The summed E-state index contributed by atoms with van der Waals surface area (Å²) >= 11 is 3.66. The number of hydrogen-bond acceptors (Lipinski definition) is 4. The number of nitrogens with one attached hydrogen (secondary N) is 2. The number of hydrogen-bond donors (Lipinski definition) is 2. The fourth-order valence-corrected chi connectivity index (χ4v) is 3.28. The highest BCUT2D eigenvalue weighted by atomic mass is 32.2. The van der Waals surface area contributed by atoms with E-state index in [1.165, 1.54) is 21.1 Å². The Morgan fingerprint density at radius 2 is 2.17 bits per heavy atom. The van der Waals surface area contributed by atoms with Crippen molar-refractivity contribution < 1.29 is 0 Å². The first-order valence-corrected chi connectivity index (χ1v) is 5.76. The second kappa shape index (κ2) is 3.36. The van der Waals surface area contributed by atoms with Gasteiger partial charge in [0.15, 0.2) is 0 Å². The number of allylic oxidation sites excluding steroid dienone is 2. The van der Waals surface area contributed by atoms with E-state index in [9.17, 15) is 0 Å². The molecule has 0 bridgehead atoms. The second-order valence-corrected chi connectivity index (χ2v) is 4.97. The van der Waals surface area contributed by atoms with Crippen LogP contribution in [0.25, 0.3) is 0 Å². The van der Waals surface area contributed by atoms with Gasteiger partial charge in [-0.25, -0.2) is 0 Å². The van der Waals surface area contributed by atoms with E-state index in [1.807, 2.05) is 11.8 Å². The van der Waals surface area contributed by atoms with Crippen LogP contribution in [0, 0.1) is 0 Å². The van der Waals surface area contributed by atoms with E-state index in [1.54, 1.807) is 11.9 Å². The molecule has 2 rings (SSSR count). The SMILES string of the molecule is CC1=C(C2=C(C)SNC2)SCN1. The highest BCUT2D eigenvalue weighted by Crippen LogP contribution is 2.37. The van der Waals surface area contributed by atoms with Crippen LogP contribution in [0.4, 0.5) is 0 Å².